The van der Waals surface area contributed by atoms with E-state index < -0.39 is 0 Å². The molecule has 0 rings (SSSR count). The van der Waals surface area contributed by atoms with Crippen molar-refractivity contribution in [2.45, 2.75) is 104 Å². The standard InChI is InChI=1S/C18H39N/c1-5-7-8-9-10-11-12-13-14-17(3)16-18(4)19-15-6-2/h17-19H,5-16H2,1-4H3. The first kappa shape index (κ1) is 19.0. The van der Waals surface area contributed by atoms with Crippen molar-refractivity contribution >= 4 is 0 Å². The van der Waals surface area contributed by atoms with Gasteiger partial charge in [-0.2, -0.15) is 0 Å². The highest BCUT2D eigenvalue weighted by atomic mass is 14.9. The molecule has 0 aliphatic heterocycles. The summed E-state index contributed by atoms with van der Waals surface area (Å²) in [6.07, 6.45) is 15.5. The second-order valence-electron chi connectivity index (χ2n) is 6.46. The van der Waals surface area contributed by atoms with Crippen LogP contribution in [-0.2, 0) is 0 Å². The van der Waals surface area contributed by atoms with Crippen molar-refractivity contribution in [3.8, 4) is 0 Å². The molecule has 1 heteroatoms. The van der Waals surface area contributed by atoms with E-state index >= 15 is 0 Å². The van der Waals surface area contributed by atoms with E-state index in [-0.39, 0.29) is 0 Å². The summed E-state index contributed by atoms with van der Waals surface area (Å²) in [6.45, 7) is 10.5. The summed E-state index contributed by atoms with van der Waals surface area (Å²) in [6, 6.07) is 0.698. The third-order valence-electron chi connectivity index (χ3n) is 4.05. The SMILES string of the molecule is CCCCCCCCCCC(C)CC(C)NCCC. The molecule has 0 heterocycles. The Morgan fingerprint density at radius 2 is 1.32 bits per heavy atom. The van der Waals surface area contributed by atoms with Crippen LogP contribution in [0, 0.1) is 5.92 Å². The molecule has 19 heavy (non-hydrogen) atoms. The molecule has 0 saturated carbocycles. The zero-order chi connectivity index (χ0) is 14.3. The van der Waals surface area contributed by atoms with Crippen LogP contribution in [0.5, 0.6) is 0 Å². The summed E-state index contributed by atoms with van der Waals surface area (Å²) in [5.41, 5.74) is 0. The van der Waals surface area contributed by atoms with E-state index in [9.17, 15) is 0 Å². The summed E-state index contributed by atoms with van der Waals surface area (Å²) >= 11 is 0. The van der Waals surface area contributed by atoms with Gasteiger partial charge in [-0.05, 0) is 32.2 Å². The molecule has 0 aliphatic rings. The van der Waals surface area contributed by atoms with Crippen LogP contribution in [0.4, 0.5) is 0 Å². The van der Waals surface area contributed by atoms with Gasteiger partial charge < -0.3 is 5.32 Å². The average Bonchev–Trinajstić information content (AvgIpc) is 2.39. The van der Waals surface area contributed by atoms with Gasteiger partial charge >= 0.3 is 0 Å². The van der Waals surface area contributed by atoms with Crippen LogP contribution in [0.25, 0.3) is 0 Å². The first-order valence-electron chi connectivity index (χ1n) is 8.94. The molecule has 1 N–H and O–H groups in total. The van der Waals surface area contributed by atoms with Crippen molar-refractivity contribution in [1.82, 2.24) is 5.32 Å². The number of hydrogen-bond donors (Lipinski definition) is 1. The van der Waals surface area contributed by atoms with Crippen LogP contribution >= 0.6 is 0 Å². The van der Waals surface area contributed by atoms with E-state index in [1.165, 1.54) is 77.2 Å². The van der Waals surface area contributed by atoms with Gasteiger partial charge in [0.1, 0.15) is 0 Å². The fraction of sp³-hybridized carbons (Fsp3) is 1.00. The summed E-state index contributed by atoms with van der Waals surface area (Å²) in [4.78, 5) is 0. The molecule has 0 radical (unpaired) electrons. The second-order valence-corrected chi connectivity index (χ2v) is 6.46. The van der Waals surface area contributed by atoms with Gasteiger partial charge in [0.15, 0.2) is 0 Å². The van der Waals surface area contributed by atoms with E-state index in [1.807, 2.05) is 0 Å². The van der Waals surface area contributed by atoms with Crippen LogP contribution in [-0.4, -0.2) is 12.6 Å². The van der Waals surface area contributed by atoms with Crippen molar-refractivity contribution in [2.24, 2.45) is 5.92 Å². The maximum atomic E-state index is 3.59. The minimum atomic E-state index is 0.698. The molecule has 0 bridgehead atoms. The minimum absolute atomic E-state index is 0.698. The topological polar surface area (TPSA) is 12.0 Å². The highest BCUT2D eigenvalue weighted by Gasteiger charge is 2.07. The molecule has 0 amide bonds. The van der Waals surface area contributed by atoms with Crippen LogP contribution in [0.15, 0.2) is 0 Å². The normalized spacial score (nSPS) is 14.5. The van der Waals surface area contributed by atoms with Crippen molar-refractivity contribution in [2.75, 3.05) is 6.54 Å². The van der Waals surface area contributed by atoms with E-state index in [0.29, 0.717) is 6.04 Å². The van der Waals surface area contributed by atoms with Gasteiger partial charge in [0, 0.05) is 6.04 Å². The minimum Gasteiger partial charge on any atom is -0.314 e. The lowest BCUT2D eigenvalue weighted by Crippen LogP contribution is -2.28. The van der Waals surface area contributed by atoms with E-state index in [4.69, 9.17) is 0 Å². The van der Waals surface area contributed by atoms with Gasteiger partial charge in [-0.15, -0.1) is 0 Å². The average molecular weight is 270 g/mol. The number of rotatable bonds is 14. The molecule has 0 fully saturated rings. The lowest BCUT2D eigenvalue weighted by molar-refractivity contribution is 0.389. The maximum absolute atomic E-state index is 3.59. The van der Waals surface area contributed by atoms with Crippen molar-refractivity contribution in [3.63, 3.8) is 0 Å². The van der Waals surface area contributed by atoms with Gasteiger partial charge in [-0.1, -0.05) is 78.6 Å². The number of nitrogens with one attached hydrogen (secondary N) is 1. The maximum Gasteiger partial charge on any atom is 0.00412 e. The third-order valence-corrected chi connectivity index (χ3v) is 4.05. The fourth-order valence-electron chi connectivity index (χ4n) is 2.82. The molecule has 0 aromatic carbocycles. The molecule has 0 spiro atoms. The predicted molar refractivity (Wildman–Crippen MR) is 88.8 cm³/mol. The largest absolute Gasteiger partial charge is 0.314 e. The van der Waals surface area contributed by atoms with Gasteiger partial charge in [0.25, 0.3) is 0 Å². The predicted octanol–water partition coefficient (Wildman–Crippen LogP) is 5.93. The van der Waals surface area contributed by atoms with Gasteiger partial charge in [0.05, 0.1) is 0 Å². The monoisotopic (exact) mass is 269 g/mol. The molecule has 116 valence electrons. The molecule has 0 aromatic rings. The molecule has 0 aliphatic carbocycles. The van der Waals surface area contributed by atoms with E-state index in [1.54, 1.807) is 0 Å². The van der Waals surface area contributed by atoms with E-state index in [2.05, 4.69) is 33.0 Å². The lowest BCUT2D eigenvalue weighted by atomic mass is 9.95. The summed E-state index contributed by atoms with van der Waals surface area (Å²) in [5, 5.41) is 3.59. The Hall–Kier alpha value is -0.0400. The Bertz CT molecular complexity index is 167. The molecular weight excluding hydrogens is 230 g/mol. The lowest BCUT2D eigenvalue weighted by Gasteiger charge is -2.18. The first-order chi connectivity index (χ1) is 9.20. The Labute approximate surface area is 122 Å². The molecule has 0 saturated heterocycles. The first-order valence-corrected chi connectivity index (χ1v) is 8.94. The highest BCUT2D eigenvalue weighted by Crippen LogP contribution is 2.16. The third kappa shape index (κ3) is 14.2. The Balaban J connectivity index is 3.26. The Kier molecular flexibility index (Phi) is 14.3. The van der Waals surface area contributed by atoms with Crippen LogP contribution in [0.2, 0.25) is 0 Å². The molecule has 2 unspecified atom stereocenters. The highest BCUT2D eigenvalue weighted by molar-refractivity contribution is 4.65. The van der Waals surface area contributed by atoms with Crippen LogP contribution < -0.4 is 5.32 Å². The van der Waals surface area contributed by atoms with E-state index in [0.717, 1.165) is 5.92 Å². The molecular formula is C18H39N. The molecule has 1 nitrogen and oxygen atoms in total. The van der Waals surface area contributed by atoms with Crippen molar-refractivity contribution in [3.05, 3.63) is 0 Å². The smallest absolute Gasteiger partial charge is 0.00412 e. The molecule has 0 aromatic heterocycles. The Morgan fingerprint density at radius 3 is 1.89 bits per heavy atom. The quantitative estimate of drug-likeness (QED) is 0.385. The van der Waals surface area contributed by atoms with Gasteiger partial charge in [-0.25, -0.2) is 0 Å². The van der Waals surface area contributed by atoms with Gasteiger partial charge in [-0.3, -0.25) is 0 Å². The van der Waals surface area contributed by atoms with Crippen molar-refractivity contribution < 1.29 is 0 Å². The summed E-state index contributed by atoms with van der Waals surface area (Å²) < 4.78 is 0. The Morgan fingerprint density at radius 1 is 0.737 bits per heavy atom. The summed E-state index contributed by atoms with van der Waals surface area (Å²) in [7, 11) is 0. The number of hydrogen-bond acceptors (Lipinski definition) is 1. The zero-order valence-corrected chi connectivity index (χ0v) is 14.1. The van der Waals surface area contributed by atoms with Gasteiger partial charge in [0.2, 0.25) is 0 Å². The summed E-state index contributed by atoms with van der Waals surface area (Å²) in [5.74, 6) is 0.888. The second kappa shape index (κ2) is 14.4. The number of unbranched alkanes of at least 4 members (excludes halogenated alkanes) is 7. The van der Waals surface area contributed by atoms with Crippen molar-refractivity contribution in [1.29, 1.82) is 0 Å². The zero-order valence-electron chi connectivity index (χ0n) is 14.1. The fourth-order valence-corrected chi connectivity index (χ4v) is 2.82. The van der Waals surface area contributed by atoms with Crippen LogP contribution in [0.3, 0.4) is 0 Å². The van der Waals surface area contributed by atoms with Crippen LogP contribution in [0.1, 0.15) is 98.3 Å². The molecule has 2 atom stereocenters.